The monoisotopic (exact) mass is 1140 g/mol. The summed E-state index contributed by atoms with van der Waals surface area (Å²) >= 11 is 3.60. The molecule has 5 nitrogen and oxygen atoms in total. The van der Waals surface area contributed by atoms with Gasteiger partial charge >= 0.3 is 0 Å². The highest BCUT2D eigenvalue weighted by Gasteiger charge is 2.33. The lowest BCUT2D eigenvalue weighted by atomic mass is 9.88. The van der Waals surface area contributed by atoms with Gasteiger partial charge in [-0.05, 0) is 99.1 Å². The van der Waals surface area contributed by atoms with Crippen molar-refractivity contribution in [1.82, 2.24) is 9.13 Å². The maximum Gasteiger partial charge on any atom is 0.220 e. The molecule has 7 heteroatoms. The normalized spacial score (nSPS) is 11.9. The fourth-order valence-electron chi connectivity index (χ4n) is 14.0. The molecule has 0 N–H and O–H groups in total. The van der Waals surface area contributed by atoms with Crippen LogP contribution in [0.4, 0.5) is 5.69 Å². The van der Waals surface area contributed by atoms with Gasteiger partial charge in [0.05, 0.1) is 55.0 Å². The molecule has 0 spiro atoms. The lowest BCUT2D eigenvalue weighted by molar-refractivity contribution is 0.669. The van der Waals surface area contributed by atoms with Crippen LogP contribution in [0.15, 0.2) is 271 Å². The molecule has 0 saturated heterocycles. The van der Waals surface area contributed by atoms with Crippen molar-refractivity contribution in [2.75, 3.05) is 0 Å². The maximum absolute atomic E-state index is 12.5. The molecule has 87 heavy (non-hydrogen) atoms. The van der Waals surface area contributed by atoms with E-state index in [4.69, 9.17) is 4.42 Å². The van der Waals surface area contributed by atoms with Crippen LogP contribution in [-0.4, -0.2) is 9.13 Å². The minimum Gasteiger partial charge on any atom is -0.456 e. The molecule has 0 aliphatic heterocycles. The highest BCUT2D eigenvalue weighted by molar-refractivity contribution is 7.27. The van der Waals surface area contributed by atoms with Gasteiger partial charge in [-0.2, -0.15) is 5.26 Å². The summed E-state index contributed by atoms with van der Waals surface area (Å²) in [7, 11) is 0. The predicted molar refractivity (Wildman–Crippen MR) is 366 cm³/mol. The summed E-state index contributed by atoms with van der Waals surface area (Å²) in [5.41, 5.74) is 17.6. The Bertz CT molecular complexity index is 5840. The largest absolute Gasteiger partial charge is 0.456 e. The molecule has 18 aromatic rings. The predicted octanol–water partition coefficient (Wildman–Crippen LogP) is 23.3. The number of nitrogens with zero attached hydrogens (tertiary/aromatic N) is 4. The Morgan fingerprint density at radius 3 is 1.46 bits per heavy atom. The minimum absolute atomic E-state index is 0.390. The first-order valence-corrected chi connectivity index (χ1v) is 30.7. The third-order valence-corrected chi connectivity index (χ3v) is 20.2. The average molecular weight is 1140 g/mol. The quantitative estimate of drug-likeness (QED) is 0.149. The molecule has 0 radical (unpaired) electrons. The fourth-order valence-corrected chi connectivity index (χ4v) is 16.5. The number of para-hydroxylation sites is 2. The number of nitriles is 1. The van der Waals surface area contributed by atoms with Gasteiger partial charge in [-0.15, -0.1) is 22.7 Å². The molecule has 0 bridgehead atoms. The number of aromatic nitrogens is 2. The van der Waals surface area contributed by atoms with Crippen molar-refractivity contribution in [3.63, 3.8) is 0 Å². The summed E-state index contributed by atoms with van der Waals surface area (Å²) < 4.78 is 15.8. The zero-order valence-electron chi connectivity index (χ0n) is 46.4. The van der Waals surface area contributed by atoms with Crippen molar-refractivity contribution in [2.24, 2.45) is 0 Å². The molecule has 402 valence electrons. The van der Waals surface area contributed by atoms with Gasteiger partial charge in [-0.1, -0.05) is 212 Å². The molecule has 5 heterocycles. The molecule has 0 unspecified atom stereocenters. The first-order valence-electron chi connectivity index (χ1n) is 29.1. The van der Waals surface area contributed by atoms with E-state index in [1.807, 2.05) is 36.4 Å². The van der Waals surface area contributed by atoms with E-state index in [2.05, 4.69) is 251 Å². The molecule has 0 fully saturated rings. The Labute approximate surface area is 506 Å². The summed E-state index contributed by atoms with van der Waals surface area (Å²) in [6.07, 6.45) is 0. The lowest BCUT2D eigenvalue weighted by Crippen LogP contribution is -2.09. The molecule has 18 rings (SSSR count). The van der Waals surface area contributed by atoms with E-state index in [0.717, 1.165) is 136 Å². The van der Waals surface area contributed by atoms with Gasteiger partial charge in [0.15, 0.2) is 0 Å². The van der Waals surface area contributed by atoms with E-state index < -0.39 is 0 Å². The molecule has 0 aliphatic rings. The summed E-state index contributed by atoms with van der Waals surface area (Å²) in [6.45, 7) is 9.62. The summed E-state index contributed by atoms with van der Waals surface area (Å²) in [4.78, 5) is 4.68. The highest BCUT2D eigenvalue weighted by atomic mass is 32.1. The van der Waals surface area contributed by atoms with Crippen LogP contribution in [-0.2, 0) is 0 Å². The lowest BCUT2D eigenvalue weighted by Gasteiger charge is -2.26. The van der Waals surface area contributed by atoms with Crippen LogP contribution in [0.2, 0.25) is 0 Å². The second-order valence-electron chi connectivity index (χ2n) is 22.4. The number of hydrogen-bond acceptors (Lipinski definition) is 4. The van der Waals surface area contributed by atoms with Crippen LogP contribution in [0.5, 0.6) is 0 Å². The van der Waals surface area contributed by atoms with Gasteiger partial charge in [-0.3, -0.25) is 0 Å². The van der Waals surface area contributed by atoms with Gasteiger partial charge < -0.3 is 13.6 Å². The standard InChI is InChI=1S/C80H44N4OS2/c1-82-74-71(49-23-10-4-11-24-49)64(46-81)75(72(50-25-12-5-13-26-50)78(74)83-65-30-16-14-28-60(65)73-54(29-18-31-66(73)83)53-33-40-68-61(45-53)55-27-15-17-32-67(55)85-68)84-76-56(36-38-58-62-43-51(47-19-6-2-7-20-47)34-41-69(62)86-79(58)76)57-37-39-59-63-44-52(48-21-8-3-9-22-48)35-42-70(63)87-80(59)77(57)84/h2-45H. The molecule has 0 saturated carbocycles. The Hall–Kier alpha value is -11.3. The smallest absolute Gasteiger partial charge is 0.220 e. The number of rotatable bonds is 7. The average Bonchev–Trinajstić information content (AvgIpc) is 1.65. The zero-order chi connectivity index (χ0) is 57.4. The first kappa shape index (κ1) is 49.1. The third-order valence-electron chi connectivity index (χ3n) is 17.8. The third kappa shape index (κ3) is 7.22. The van der Waals surface area contributed by atoms with Crippen LogP contribution in [0, 0.1) is 17.9 Å². The van der Waals surface area contributed by atoms with E-state index in [1.54, 1.807) is 22.7 Å². The number of furan rings is 1. The van der Waals surface area contributed by atoms with Gasteiger partial charge in [0.25, 0.3) is 0 Å². The Morgan fingerprint density at radius 2 is 0.862 bits per heavy atom. The molecule has 0 amide bonds. The van der Waals surface area contributed by atoms with Crippen molar-refractivity contribution in [3.05, 3.63) is 284 Å². The number of thiophene rings is 2. The molecule has 5 aromatic heterocycles. The van der Waals surface area contributed by atoms with E-state index in [0.29, 0.717) is 28.2 Å². The van der Waals surface area contributed by atoms with E-state index in [9.17, 15) is 11.8 Å². The van der Waals surface area contributed by atoms with Crippen LogP contribution in [0.1, 0.15) is 5.56 Å². The maximum atomic E-state index is 12.5. The Kier molecular flexibility index (Phi) is 10.8. The zero-order valence-corrected chi connectivity index (χ0v) is 48.1. The Morgan fingerprint density at radius 1 is 0.368 bits per heavy atom. The van der Waals surface area contributed by atoms with Gasteiger partial charge in [0, 0.05) is 74.4 Å². The highest BCUT2D eigenvalue weighted by Crippen LogP contribution is 2.55. The number of hydrogen-bond donors (Lipinski definition) is 0. The van der Waals surface area contributed by atoms with Gasteiger partial charge in [-0.25, -0.2) is 4.85 Å². The van der Waals surface area contributed by atoms with Crippen LogP contribution < -0.4 is 0 Å². The van der Waals surface area contributed by atoms with Crippen molar-refractivity contribution in [2.45, 2.75) is 0 Å². The van der Waals surface area contributed by atoms with E-state index in [-0.39, 0.29) is 0 Å². The second kappa shape index (κ2) is 19.1. The van der Waals surface area contributed by atoms with Gasteiger partial charge in [0.2, 0.25) is 5.69 Å². The summed E-state index contributed by atoms with van der Waals surface area (Å²) in [6, 6.07) is 97.6. The number of benzene rings is 13. The van der Waals surface area contributed by atoms with Crippen LogP contribution >= 0.6 is 22.7 Å². The number of fused-ring (bicyclic) bond motifs is 17. The van der Waals surface area contributed by atoms with Crippen LogP contribution in [0.25, 0.3) is 178 Å². The first-order chi connectivity index (χ1) is 43.1. The molecule has 0 aliphatic carbocycles. The Balaban J connectivity index is 1.04. The topological polar surface area (TPSA) is 51.1 Å². The van der Waals surface area contributed by atoms with E-state index in [1.165, 1.54) is 20.2 Å². The summed E-state index contributed by atoms with van der Waals surface area (Å²) in [5, 5.41) is 23.5. The van der Waals surface area contributed by atoms with E-state index >= 15 is 0 Å². The fraction of sp³-hybridized carbons (Fsp3) is 0. The second-order valence-corrected chi connectivity index (χ2v) is 24.5. The molecular formula is C80H44N4OS2. The SMILES string of the molecule is [C-]#[N+]c1c(-c2ccccc2)c(C#N)c(-n2c3c(ccc4c5cc(-c6ccccc6)ccc5sc43)c3ccc4c5cc(-c6ccccc6)ccc5sc4c32)c(-c2ccccc2)c1-n1c2ccccc2c2c(-c3ccc4oc5ccccc5c4c3)cccc21. The molecule has 0 atom stereocenters. The van der Waals surface area contributed by atoms with Crippen molar-refractivity contribution < 1.29 is 4.42 Å². The van der Waals surface area contributed by atoms with Crippen molar-refractivity contribution in [1.29, 1.82) is 5.26 Å². The summed E-state index contributed by atoms with van der Waals surface area (Å²) in [5.74, 6) is 0. The van der Waals surface area contributed by atoms with Crippen molar-refractivity contribution >= 4 is 134 Å². The van der Waals surface area contributed by atoms with Crippen molar-refractivity contribution in [3.8, 4) is 73.1 Å². The minimum atomic E-state index is 0.390. The van der Waals surface area contributed by atoms with Gasteiger partial charge in [0.1, 0.15) is 17.2 Å². The molecular weight excluding hydrogens is 1100 g/mol. The molecule has 13 aromatic carbocycles. The van der Waals surface area contributed by atoms with Crippen LogP contribution in [0.3, 0.4) is 0 Å².